The van der Waals surface area contributed by atoms with E-state index in [-0.39, 0.29) is 12.0 Å². The minimum Gasteiger partial charge on any atom is -0.372 e. The Kier molecular flexibility index (Phi) is 5.38. The van der Waals surface area contributed by atoms with E-state index in [9.17, 15) is 8.78 Å². The van der Waals surface area contributed by atoms with Crippen molar-refractivity contribution in [3.8, 4) is 0 Å². The fourth-order valence-electron chi connectivity index (χ4n) is 3.10. The lowest BCUT2D eigenvalue weighted by Gasteiger charge is -2.29. The van der Waals surface area contributed by atoms with Crippen molar-refractivity contribution >= 4 is 15.9 Å². The Bertz CT molecular complexity index is 652. The van der Waals surface area contributed by atoms with Gasteiger partial charge >= 0.3 is 0 Å². The zero-order valence-electron chi connectivity index (χ0n) is 12.6. The molecule has 1 aliphatic rings. The molecule has 0 aliphatic heterocycles. The molecule has 122 valence electrons. The van der Waals surface area contributed by atoms with Crippen LogP contribution in [0.3, 0.4) is 0 Å². The molecule has 0 saturated heterocycles. The van der Waals surface area contributed by atoms with Crippen LogP contribution >= 0.6 is 15.9 Å². The molecular weight excluding hydrogens is 364 g/mol. The summed E-state index contributed by atoms with van der Waals surface area (Å²) in [6.07, 6.45) is 5.49. The van der Waals surface area contributed by atoms with Crippen molar-refractivity contribution in [1.29, 1.82) is 0 Å². The Labute approximate surface area is 143 Å². The van der Waals surface area contributed by atoms with Crippen LogP contribution in [-0.2, 0) is 11.3 Å². The minimum atomic E-state index is -0.502. The minimum absolute atomic E-state index is 0.179. The van der Waals surface area contributed by atoms with Crippen LogP contribution in [0.5, 0.6) is 0 Å². The molecular formula is C18H18BrF2NO. The van der Waals surface area contributed by atoms with Gasteiger partial charge in [0.1, 0.15) is 11.6 Å². The second-order valence-electron chi connectivity index (χ2n) is 5.92. The molecule has 0 atom stereocenters. The van der Waals surface area contributed by atoms with Crippen LogP contribution in [0.15, 0.2) is 41.0 Å². The van der Waals surface area contributed by atoms with E-state index < -0.39 is 11.6 Å². The van der Waals surface area contributed by atoms with Gasteiger partial charge < -0.3 is 4.74 Å². The second-order valence-corrected chi connectivity index (χ2v) is 6.77. The fourth-order valence-corrected chi connectivity index (χ4v) is 3.46. The third-order valence-corrected chi connectivity index (χ3v) is 5.04. The van der Waals surface area contributed by atoms with Gasteiger partial charge in [0.25, 0.3) is 0 Å². The predicted molar refractivity (Wildman–Crippen MR) is 88.1 cm³/mol. The van der Waals surface area contributed by atoms with Crippen molar-refractivity contribution in [2.45, 2.75) is 44.3 Å². The number of halogens is 3. The van der Waals surface area contributed by atoms with Crippen molar-refractivity contribution < 1.29 is 13.5 Å². The van der Waals surface area contributed by atoms with Crippen LogP contribution in [0.4, 0.5) is 8.78 Å². The van der Waals surface area contributed by atoms with E-state index in [1.54, 1.807) is 6.20 Å². The summed E-state index contributed by atoms with van der Waals surface area (Å²) in [5.41, 5.74) is 1.65. The normalized spacial score (nSPS) is 21.3. The first kappa shape index (κ1) is 16.5. The van der Waals surface area contributed by atoms with E-state index in [2.05, 4.69) is 20.9 Å². The van der Waals surface area contributed by atoms with Gasteiger partial charge in [-0.15, -0.1) is 0 Å². The third kappa shape index (κ3) is 4.36. The number of ether oxygens (including phenoxy) is 1. The Morgan fingerprint density at radius 1 is 1.09 bits per heavy atom. The zero-order chi connectivity index (χ0) is 16.2. The largest absolute Gasteiger partial charge is 0.372 e. The highest BCUT2D eigenvalue weighted by molar-refractivity contribution is 9.10. The molecule has 0 unspecified atom stereocenters. The molecule has 0 spiro atoms. The number of hydrogen-bond donors (Lipinski definition) is 0. The lowest BCUT2D eigenvalue weighted by atomic mass is 9.82. The Balaban J connectivity index is 1.53. The van der Waals surface area contributed by atoms with Crippen LogP contribution in [0.1, 0.15) is 42.9 Å². The van der Waals surface area contributed by atoms with Gasteiger partial charge in [0, 0.05) is 16.7 Å². The van der Waals surface area contributed by atoms with Gasteiger partial charge in [-0.2, -0.15) is 0 Å². The molecule has 1 aliphatic carbocycles. The standard InChI is InChI=1S/C18H18BrF2NO/c19-17-2-1-7-22-18(17)11-23-16-5-3-12(4-6-16)13-8-14(20)10-15(21)9-13/h1-2,7-10,12,16H,3-6,11H2/t12-,16+. The molecule has 0 N–H and O–H groups in total. The Morgan fingerprint density at radius 2 is 1.78 bits per heavy atom. The summed E-state index contributed by atoms with van der Waals surface area (Å²) >= 11 is 3.46. The number of aromatic nitrogens is 1. The summed E-state index contributed by atoms with van der Waals surface area (Å²) in [6.45, 7) is 0.478. The van der Waals surface area contributed by atoms with E-state index in [4.69, 9.17) is 4.74 Å². The Morgan fingerprint density at radius 3 is 2.43 bits per heavy atom. The summed E-state index contributed by atoms with van der Waals surface area (Å²) in [5, 5.41) is 0. The van der Waals surface area contributed by atoms with Crippen LogP contribution in [-0.4, -0.2) is 11.1 Å². The highest BCUT2D eigenvalue weighted by atomic mass is 79.9. The smallest absolute Gasteiger partial charge is 0.126 e. The maximum absolute atomic E-state index is 13.3. The average molecular weight is 382 g/mol. The quantitative estimate of drug-likeness (QED) is 0.710. The first-order valence-electron chi connectivity index (χ1n) is 7.79. The molecule has 0 radical (unpaired) electrons. The number of benzene rings is 1. The van der Waals surface area contributed by atoms with E-state index >= 15 is 0 Å². The monoisotopic (exact) mass is 381 g/mol. The number of hydrogen-bond acceptors (Lipinski definition) is 2. The molecule has 1 saturated carbocycles. The zero-order valence-corrected chi connectivity index (χ0v) is 14.2. The molecule has 1 aromatic heterocycles. The number of nitrogens with zero attached hydrogens (tertiary/aromatic N) is 1. The molecule has 1 heterocycles. The molecule has 1 fully saturated rings. The maximum Gasteiger partial charge on any atom is 0.126 e. The van der Waals surface area contributed by atoms with Crippen LogP contribution < -0.4 is 0 Å². The van der Waals surface area contributed by atoms with Gasteiger partial charge in [0.05, 0.1) is 18.4 Å². The molecule has 1 aromatic carbocycles. The summed E-state index contributed by atoms with van der Waals surface area (Å²) in [7, 11) is 0. The lowest BCUT2D eigenvalue weighted by molar-refractivity contribution is 0.0115. The fraction of sp³-hybridized carbons (Fsp3) is 0.389. The van der Waals surface area contributed by atoms with Gasteiger partial charge in [-0.1, -0.05) is 0 Å². The first-order chi connectivity index (χ1) is 11.1. The van der Waals surface area contributed by atoms with Crippen LogP contribution in [0.25, 0.3) is 0 Å². The average Bonchev–Trinajstić information content (AvgIpc) is 2.54. The van der Waals surface area contributed by atoms with Gasteiger partial charge in [0.2, 0.25) is 0 Å². The molecule has 5 heteroatoms. The van der Waals surface area contributed by atoms with E-state index in [1.807, 2.05) is 12.1 Å². The van der Waals surface area contributed by atoms with Gasteiger partial charge in [-0.3, -0.25) is 4.98 Å². The summed E-state index contributed by atoms with van der Waals surface area (Å²) in [4.78, 5) is 4.29. The van der Waals surface area contributed by atoms with Crippen LogP contribution in [0.2, 0.25) is 0 Å². The summed E-state index contributed by atoms with van der Waals surface area (Å²) < 4.78 is 33.5. The number of rotatable bonds is 4. The molecule has 2 aromatic rings. The molecule has 2 nitrogen and oxygen atoms in total. The lowest BCUT2D eigenvalue weighted by Crippen LogP contribution is -2.21. The van der Waals surface area contributed by atoms with Crippen molar-refractivity contribution in [1.82, 2.24) is 4.98 Å². The maximum atomic E-state index is 13.3. The highest BCUT2D eigenvalue weighted by Crippen LogP contribution is 2.35. The van der Waals surface area contributed by atoms with Gasteiger partial charge in [0.15, 0.2) is 0 Å². The first-order valence-corrected chi connectivity index (χ1v) is 8.58. The van der Waals surface area contributed by atoms with Gasteiger partial charge in [-0.25, -0.2) is 8.78 Å². The van der Waals surface area contributed by atoms with Crippen molar-refractivity contribution in [2.24, 2.45) is 0 Å². The SMILES string of the molecule is Fc1cc(F)cc([C@H]2CC[C@@H](OCc3ncccc3Br)CC2)c1. The van der Waals surface area contributed by atoms with Crippen LogP contribution in [0, 0.1) is 11.6 Å². The topological polar surface area (TPSA) is 22.1 Å². The second kappa shape index (κ2) is 7.49. The van der Waals surface area contributed by atoms with Crippen molar-refractivity contribution in [3.63, 3.8) is 0 Å². The molecule has 23 heavy (non-hydrogen) atoms. The molecule has 0 bridgehead atoms. The summed E-state index contributed by atoms with van der Waals surface area (Å²) in [5.74, 6) is -0.793. The van der Waals surface area contributed by atoms with Crippen molar-refractivity contribution in [3.05, 3.63) is 63.9 Å². The van der Waals surface area contributed by atoms with Crippen molar-refractivity contribution in [2.75, 3.05) is 0 Å². The highest BCUT2D eigenvalue weighted by Gasteiger charge is 2.24. The molecule has 3 rings (SSSR count). The van der Waals surface area contributed by atoms with Gasteiger partial charge in [-0.05, 0) is 77.4 Å². The summed E-state index contributed by atoms with van der Waals surface area (Å²) in [6, 6.07) is 7.63. The van der Waals surface area contributed by atoms with E-state index in [0.29, 0.717) is 6.61 Å². The molecule has 0 amide bonds. The number of pyridine rings is 1. The Hall–Kier alpha value is -1.33. The van der Waals surface area contributed by atoms with E-state index in [1.165, 1.54) is 12.1 Å². The third-order valence-electron chi connectivity index (χ3n) is 4.32. The van der Waals surface area contributed by atoms with E-state index in [0.717, 1.165) is 47.5 Å². The predicted octanol–water partition coefficient (Wildman–Crippen LogP) is 5.37.